The van der Waals surface area contributed by atoms with Gasteiger partial charge in [-0.2, -0.15) is 0 Å². The Kier molecular flexibility index (Phi) is 4.40. The molecule has 1 atom stereocenters. The van der Waals surface area contributed by atoms with Crippen LogP contribution < -0.4 is 14.8 Å². The number of hydrogen-bond donors (Lipinski definition) is 1. The average molecular weight is 276 g/mol. The van der Waals surface area contributed by atoms with Crippen molar-refractivity contribution in [3.63, 3.8) is 0 Å². The van der Waals surface area contributed by atoms with Crippen LogP contribution in [0.5, 0.6) is 11.5 Å². The minimum Gasteiger partial charge on any atom is -0.497 e. The first-order valence-electron chi connectivity index (χ1n) is 6.22. The zero-order valence-electron chi connectivity index (χ0n) is 11.7. The third-order valence-corrected chi connectivity index (χ3v) is 2.96. The molecule has 2 rings (SSSR count). The van der Waals surface area contributed by atoms with Crippen LogP contribution in [0.3, 0.4) is 0 Å². The summed E-state index contributed by atoms with van der Waals surface area (Å²) in [5.74, 6) is 1.03. The van der Waals surface area contributed by atoms with Crippen LogP contribution in [-0.2, 0) is 0 Å². The van der Waals surface area contributed by atoms with Crippen molar-refractivity contribution in [2.75, 3.05) is 19.5 Å². The van der Waals surface area contributed by atoms with E-state index in [-0.39, 0.29) is 11.9 Å². The first-order valence-corrected chi connectivity index (χ1v) is 6.22. The number of hydrogen-bond acceptors (Lipinski definition) is 4. The molecule has 106 valence electrons. The summed E-state index contributed by atoms with van der Waals surface area (Å²) in [6, 6.07) is 6.87. The van der Waals surface area contributed by atoms with Gasteiger partial charge in [-0.1, -0.05) is 0 Å². The van der Waals surface area contributed by atoms with Crippen LogP contribution in [0.2, 0.25) is 0 Å². The van der Waals surface area contributed by atoms with Crippen molar-refractivity contribution in [3.8, 4) is 11.5 Å². The number of halogens is 1. The zero-order chi connectivity index (χ0) is 14.5. The van der Waals surface area contributed by atoms with Crippen LogP contribution in [-0.4, -0.2) is 19.2 Å². The minimum atomic E-state index is -0.348. The summed E-state index contributed by atoms with van der Waals surface area (Å²) in [6.45, 7) is 1.93. The summed E-state index contributed by atoms with van der Waals surface area (Å²) in [5.41, 5.74) is 1.60. The van der Waals surface area contributed by atoms with Crippen molar-refractivity contribution in [2.24, 2.45) is 0 Å². The largest absolute Gasteiger partial charge is 0.497 e. The molecule has 0 spiro atoms. The van der Waals surface area contributed by atoms with Gasteiger partial charge >= 0.3 is 0 Å². The maximum absolute atomic E-state index is 13.2. The lowest BCUT2D eigenvalue weighted by atomic mass is 10.1. The second kappa shape index (κ2) is 6.23. The molecule has 0 aliphatic rings. The third kappa shape index (κ3) is 3.38. The molecular formula is C15H17FN2O2. The predicted molar refractivity (Wildman–Crippen MR) is 75.8 cm³/mol. The van der Waals surface area contributed by atoms with Crippen LogP contribution in [0.1, 0.15) is 18.5 Å². The zero-order valence-corrected chi connectivity index (χ0v) is 11.7. The molecule has 0 amide bonds. The molecule has 0 aliphatic carbocycles. The van der Waals surface area contributed by atoms with E-state index in [0.29, 0.717) is 11.5 Å². The number of aromatic nitrogens is 1. The fraction of sp³-hybridized carbons (Fsp3) is 0.267. The Hall–Kier alpha value is -2.30. The van der Waals surface area contributed by atoms with E-state index in [1.54, 1.807) is 26.5 Å². The van der Waals surface area contributed by atoms with Gasteiger partial charge in [0, 0.05) is 30.1 Å². The van der Waals surface area contributed by atoms with Gasteiger partial charge in [-0.15, -0.1) is 0 Å². The molecule has 0 saturated carbocycles. The number of anilines is 1. The lowest BCUT2D eigenvalue weighted by Crippen LogP contribution is -2.07. The smallest absolute Gasteiger partial charge is 0.141 e. The van der Waals surface area contributed by atoms with Crippen LogP contribution in [0.4, 0.5) is 10.1 Å². The summed E-state index contributed by atoms with van der Waals surface area (Å²) in [4.78, 5) is 3.85. The van der Waals surface area contributed by atoms with Crippen molar-refractivity contribution >= 4 is 5.69 Å². The Morgan fingerprint density at radius 1 is 1.05 bits per heavy atom. The van der Waals surface area contributed by atoms with Crippen molar-refractivity contribution in [1.82, 2.24) is 4.98 Å². The van der Waals surface area contributed by atoms with E-state index in [1.165, 1.54) is 12.3 Å². The third-order valence-electron chi connectivity index (χ3n) is 2.96. The number of ether oxygens (including phenoxy) is 2. The number of pyridine rings is 1. The van der Waals surface area contributed by atoms with Crippen molar-refractivity contribution in [3.05, 3.63) is 48.0 Å². The molecule has 4 nitrogen and oxygen atoms in total. The highest BCUT2D eigenvalue weighted by Crippen LogP contribution is 2.28. The van der Waals surface area contributed by atoms with Crippen molar-refractivity contribution in [2.45, 2.75) is 13.0 Å². The topological polar surface area (TPSA) is 43.4 Å². The van der Waals surface area contributed by atoms with Gasteiger partial charge in [0.2, 0.25) is 0 Å². The average Bonchev–Trinajstić information content (AvgIpc) is 2.46. The first kappa shape index (κ1) is 14.1. The highest BCUT2D eigenvalue weighted by atomic mass is 19.1. The molecule has 0 bridgehead atoms. The molecule has 0 fully saturated rings. The Balaban J connectivity index is 2.20. The highest BCUT2D eigenvalue weighted by Gasteiger charge is 2.09. The van der Waals surface area contributed by atoms with Crippen molar-refractivity contribution < 1.29 is 13.9 Å². The molecule has 2 aromatic rings. The molecular weight excluding hydrogens is 259 g/mol. The Bertz CT molecular complexity index is 568. The van der Waals surface area contributed by atoms with Gasteiger partial charge in [-0.25, -0.2) is 4.39 Å². The summed E-state index contributed by atoms with van der Waals surface area (Å²) in [5, 5.41) is 3.27. The molecule has 1 aromatic heterocycles. The SMILES string of the molecule is COc1cc(NC(C)c2cncc(F)c2)cc(OC)c1. The maximum Gasteiger partial charge on any atom is 0.141 e. The van der Waals surface area contributed by atoms with Gasteiger partial charge in [-0.3, -0.25) is 4.98 Å². The summed E-state index contributed by atoms with van der Waals surface area (Å²) < 4.78 is 23.6. The van der Waals surface area contributed by atoms with Gasteiger partial charge in [0.1, 0.15) is 17.3 Å². The summed E-state index contributed by atoms with van der Waals surface area (Å²) >= 11 is 0. The lowest BCUT2D eigenvalue weighted by Gasteiger charge is -2.17. The van der Waals surface area contributed by atoms with Gasteiger partial charge in [0.15, 0.2) is 0 Å². The van der Waals surface area contributed by atoms with E-state index >= 15 is 0 Å². The quantitative estimate of drug-likeness (QED) is 0.908. The summed E-state index contributed by atoms with van der Waals surface area (Å²) in [6.07, 6.45) is 2.82. The van der Waals surface area contributed by atoms with Gasteiger partial charge in [0.25, 0.3) is 0 Å². The van der Waals surface area contributed by atoms with E-state index in [1.807, 2.05) is 19.1 Å². The molecule has 5 heteroatoms. The normalized spacial score (nSPS) is 11.8. The number of methoxy groups -OCH3 is 2. The molecule has 0 saturated heterocycles. The van der Waals surface area contributed by atoms with E-state index in [2.05, 4.69) is 10.3 Å². The van der Waals surface area contributed by atoms with Gasteiger partial charge in [-0.05, 0) is 18.6 Å². The highest BCUT2D eigenvalue weighted by molar-refractivity contribution is 5.54. The van der Waals surface area contributed by atoms with Crippen LogP contribution >= 0.6 is 0 Å². The standard InChI is InChI=1S/C15H17FN2O2/c1-10(11-4-12(16)9-17-8-11)18-13-5-14(19-2)7-15(6-13)20-3/h4-10,18H,1-3H3. The maximum atomic E-state index is 13.2. The van der Waals surface area contributed by atoms with E-state index < -0.39 is 0 Å². The monoisotopic (exact) mass is 276 g/mol. The molecule has 0 radical (unpaired) electrons. The van der Waals surface area contributed by atoms with E-state index in [0.717, 1.165) is 11.3 Å². The molecule has 1 unspecified atom stereocenters. The van der Waals surface area contributed by atoms with E-state index in [9.17, 15) is 4.39 Å². The fourth-order valence-electron chi connectivity index (χ4n) is 1.89. The Labute approximate surface area is 117 Å². The van der Waals surface area contributed by atoms with Crippen LogP contribution in [0.25, 0.3) is 0 Å². The van der Waals surface area contributed by atoms with Gasteiger partial charge < -0.3 is 14.8 Å². The number of rotatable bonds is 5. The minimum absolute atomic E-state index is 0.0880. The molecule has 20 heavy (non-hydrogen) atoms. The number of benzene rings is 1. The number of nitrogens with zero attached hydrogens (tertiary/aromatic N) is 1. The predicted octanol–water partition coefficient (Wildman–Crippen LogP) is 3.41. The molecule has 1 aromatic carbocycles. The molecule has 0 aliphatic heterocycles. The number of nitrogens with one attached hydrogen (secondary N) is 1. The van der Waals surface area contributed by atoms with Crippen LogP contribution in [0, 0.1) is 5.82 Å². The second-order valence-electron chi connectivity index (χ2n) is 4.40. The Morgan fingerprint density at radius 2 is 1.70 bits per heavy atom. The van der Waals surface area contributed by atoms with Crippen LogP contribution in [0.15, 0.2) is 36.7 Å². The van der Waals surface area contributed by atoms with E-state index in [4.69, 9.17) is 9.47 Å². The van der Waals surface area contributed by atoms with Crippen molar-refractivity contribution in [1.29, 1.82) is 0 Å². The molecule has 1 heterocycles. The Morgan fingerprint density at radius 3 is 2.25 bits per heavy atom. The second-order valence-corrected chi connectivity index (χ2v) is 4.40. The first-order chi connectivity index (χ1) is 9.62. The fourth-order valence-corrected chi connectivity index (χ4v) is 1.89. The molecule has 1 N–H and O–H groups in total. The van der Waals surface area contributed by atoms with Gasteiger partial charge in [0.05, 0.1) is 26.5 Å². The lowest BCUT2D eigenvalue weighted by molar-refractivity contribution is 0.394. The summed E-state index contributed by atoms with van der Waals surface area (Å²) in [7, 11) is 3.19.